The van der Waals surface area contributed by atoms with Crippen molar-refractivity contribution in [2.24, 2.45) is 0 Å². The maximum atomic E-state index is 9.80. The van der Waals surface area contributed by atoms with Crippen molar-refractivity contribution >= 4 is 19.0 Å². The molecule has 10 heavy (non-hydrogen) atoms. The van der Waals surface area contributed by atoms with E-state index in [-0.39, 0.29) is 0 Å². The van der Waals surface area contributed by atoms with Crippen LogP contribution < -0.4 is 4.65 Å². The van der Waals surface area contributed by atoms with Crippen molar-refractivity contribution in [3.05, 3.63) is 29.3 Å². The second kappa shape index (κ2) is 3.37. The van der Waals surface area contributed by atoms with Crippen LogP contribution in [0.4, 0.5) is 0 Å². The average Bonchev–Trinajstić information content (AvgIpc) is 1.95. The molecule has 0 saturated carbocycles. The van der Waals surface area contributed by atoms with Crippen LogP contribution in [-0.2, 0) is 4.70 Å². The van der Waals surface area contributed by atoms with Crippen LogP contribution in [0.25, 0.3) is 0 Å². The summed E-state index contributed by atoms with van der Waals surface area (Å²) in [5.41, 5.74) is 0. The second-order valence-electron chi connectivity index (χ2n) is 1.67. The fourth-order valence-corrected chi connectivity index (χ4v) is 0.695. The maximum absolute atomic E-state index is 9.80. The summed E-state index contributed by atoms with van der Waals surface area (Å²) < 4.78 is 14.3. The quantitative estimate of drug-likeness (QED) is 0.606. The molecule has 0 amide bonds. The zero-order valence-electron chi connectivity index (χ0n) is 5.08. The molecule has 1 rings (SSSR count). The summed E-state index contributed by atoms with van der Waals surface area (Å²) in [7, 11) is 0.378. The molecule has 0 spiro atoms. The van der Waals surface area contributed by atoms with Crippen LogP contribution in [0.2, 0.25) is 5.02 Å². The Balaban J connectivity index is 2.78. The van der Waals surface area contributed by atoms with Crippen LogP contribution in [0.5, 0.6) is 5.75 Å². The molecule has 0 unspecified atom stereocenters. The van der Waals surface area contributed by atoms with E-state index in [0.717, 1.165) is 0 Å². The summed E-state index contributed by atoms with van der Waals surface area (Å²) >= 11 is 5.57. The van der Waals surface area contributed by atoms with Crippen molar-refractivity contribution in [3.63, 3.8) is 0 Å². The minimum atomic E-state index is 0.378. The van der Waals surface area contributed by atoms with E-state index >= 15 is 0 Å². The van der Waals surface area contributed by atoms with Crippen LogP contribution >= 0.6 is 11.6 Å². The van der Waals surface area contributed by atoms with Gasteiger partial charge < -0.3 is 0 Å². The van der Waals surface area contributed by atoms with E-state index in [1.807, 2.05) is 0 Å². The minimum absolute atomic E-state index is 0.378. The Morgan fingerprint density at radius 3 is 2.40 bits per heavy atom. The van der Waals surface area contributed by atoms with E-state index < -0.39 is 0 Å². The third kappa shape index (κ3) is 1.85. The van der Waals surface area contributed by atoms with Crippen molar-refractivity contribution in [1.82, 2.24) is 0 Å². The Labute approximate surface area is 64.0 Å². The van der Waals surface area contributed by atoms with Gasteiger partial charge in [0.1, 0.15) is 0 Å². The molecule has 0 radical (unpaired) electrons. The Morgan fingerprint density at radius 2 is 1.90 bits per heavy atom. The molecule has 0 aliphatic carbocycles. The molecule has 0 aliphatic heterocycles. The van der Waals surface area contributed by atoms with Gasteiger partial charge in [0.05, 0.1) is 0 Å². The summed E-state index contributed by atoms with van der Waals surface area (Å²) in [6.07, 6.45) is 0. The first-order valence-electron chi connectivity index (χ1n) is 2.69. The molecular formula is C6H4BClO2. The molecule has 50 valence electrons. The molecule has 1 aromatic rings. The predicted molar refractivity (Wildman–Crippen MR) is 38.5 cm³/mol. The molecule has 2 nitrogen and oxygen atoms in total. The summed E-state index contributed by atoms with van der Waals surface area (Å²) in [5, 5.41) is 0.623. The molecule has 4 heteroatoms. The molecular weight excluding hydrogens is 150 g/mol. The molecule has 1 aromatic carbocycles. The van der Waals surface area contributed by atoms with Crippen LogP contribution in [0.3, 0.4) is 0 Å². The standard InChI is InChI=1S/C6H4BClO2/c8-5-1-3-6(4-2-5)10-7-9/h1-4H. The van der Waals surface area contributed by atoms with Gasteiger partial charge in [0, 0.05) is 0 Å². The Kier molecular flexibility index (Phi) is 2.45. The average molecular weight is 154 g/mol. The summed E-state index contributed by atoms with van der Waals surface area (Å²) in [6.45, 7) is 0. The van der Waals surface area contributed by atoms with Gasteiger partial charge in [-0.2, -0.15) is 0 Å². The molecule has 0 fully saturated rings. The zero-order valence-corrected chi connectivity index (χ0v) is 5.84. The number of rotatable bonds is 2. The Hall–Kier alpha value is -0.825. The van der Waals surface area contributed by atoms with Gasteiger partial charge in [0.2, 0.25) is 0 Å². The number of halogens is 1. The van der Waals surface area contributed by atoms with Gasteiger partial charge in [-0.3, -0.25) is 0 Å². The number of benzene rings is 1. The van der Waals surface area contributed by atoms with Crippen LogP contribution in [0, 0.1) is 0 Å². The monoisotopic (exact) mass is 154 g/mol. The summed E-state index contributed by atoms with van der Waals surface area (Å²) in [4.78, 5) is 0. The molecule has 0 heterocycles. The molecule has 0 aliphatic rings. The second-order valence-corrected chi connectivity index (χ2v) is 2.10. The predicted octanol–water partition coefficient (Wildman–Crippen LogP) is 1.68. The zero-order chi connectivity index (χ0) is 7.40. The van der Waals surface area contributed by atoms with Gasteiger partial charge in [-0.25, -0.2) is 0 Å². The van der Waals surface area contributed by atoms with Gasteiger partial charge >= 0.3 is 63.4 Å². The third-order valence-electron chi connectivity index (χ3n) is 0.998. The molecule has 0 saturated heterocycles. The first kappa shape index (κ1) is 7.28. The molecule has 0 N–H and O–H groups in total. The van der Waals surface area contributed by atoms with Crippen LogP contribution in [-0.4, -0.2) is 7.35 Å². The molecule has 0 aromatic heterocycles. The Morgan fingerprint density at radius 1 is 1.30 bits per heavy atom. The van der Waals surface area contributed by atoms with Crippen LogP contribution in [0.15, 0.2) is 24.3 Å². The van der Waals surface area contributed by atoms with Crippen molar-refractivity contribution in [1.29, 1.82) is 0 Å². The van der Waals surface area contributed by atoms with E-state index in [1.165, 1.54) is 0 Å². The molecule has 0 atom stereocenters. The van der Waals surface area contributed by atoms with E-state index in [0.29, 0.717) is 18.1 Å². The van der Waals surface area contributed by atoms with Gasteiger partial charge in [0.25, 0.3) is 0 Å². The fraction of sp³-hybridized carbons (Fsp3) is 0. The van der Waals surface area contributed by atoms with Crippen molar-refractivity contribution in [3.8, 4) is 5.75 Å². The van der Waals surface area contributed by atoms with Gasteiger partial charge in [-0.05, 0) is 0 Å². The van der Waals surface area contributed by atoms with Crippen molar-refractivity contribution in [2.45, 2.75) is 0 Å². The first-order valence-corrected chi connectivity index (χ1v) is 3.06. The molecule has 0 bridgehead atoms. The van der Waals surface area contributed by atoms with E-state index in [2.05, 4.69) is 4.65 Å². The summed E-state index contributed by atoms with van der Waals surface area (Å²) in [5.74, 6) is 0.499. The number of hydrogen-bond acceptors (Lipinski definition) is 2. The third-order valence-corrected chi connectivity index (χ3v) is 1.25. The van der Waals surface area contributed by atoms with E-state index in [4.69, 9.17) is 11.6 Å². The van der Waals surface area contributed by atoms with Gasteiger partial charge in [-0.15, -0.1) is 0 Å². The number of hydrogen-bond donors (Lipinski definition) is 0. The van der Waals surface area contributed by atoms with Crippen molar-refractivity contribution < 1.29 is 9.36 Å². The topological polar surface area (TPSA) is 26.3 Å². The van der Waals surface area contributed by atoms with Crippen LogP contribution in [0.1, 0.15) is 0 Å². The Bertz CT molecular complexity index is 222. The van der Waals surface area contributed by atoms with Gasteiger partial charge in [-0.1, -0.05) is 0 Å². The summed E-state index contributed by atoms with van der Waals surface area (Å²) in [6, 6.07) is 6.55. The fourth-order valence-electron chi connectivity index (χ4n) is 0.569. The van der Waals surface area contributed by atoms with Gasteiger partial charge in [0.15, 0.2) is 0 Å². The SMILES string of the molecule is O=BOc1ccc(Cl)cc1. The first-order chi connectivity index (χ1) is 4.83. The van der Waals surface area contributed by atoms with E-state index in [9.17, 15) is 4.70 Å². The van der Waals surface area contributed by atoms with Crippen molar-refractivity contribution in [2.75, 3.05) is 0 Å². The normalized spacial score (nSPS) is 8.50. The van der Waals surface area contributed by atoms with E-state index in [1.54, 1.807) is 24.3 Å².